The molecular formula is C18H18O6. The second-order valence-corrected chi connectivity index (χ2v) is 6.46. The SMILES string of the molecule is CC1(C)O[C@H]2O[C@H](/C=C/c3ccc4occc(=O)c4c3)[C@H](O)[C@H]2O1. The molecule has 0 amide bonds. The van der Waals surface area contributed by atoms with Gasteiger partial charge in [0.1, 0.15) is 23.9 Å². The van der Waals surface area contributed by atoms with Crippen molar-refractivity contribution >= 4 is 17.0 Å². The van der Waals surface area contributed by atoms with Crippen molar-refractivity contribution in [2.75, 3.05) is 0 Å². The van der Waals surface area contributed by atoms with Crippen molar-refractivity contribution in [2.45, 2.75) is 44.2 Å². The first kappa shape index (κ1) is 15.5. The van der Waals surface area contributed by atoms with E-state index in [4.69, 9.17) is 18.6 Å². The molecule has 3 heterocycles. The number of rotatable bonds is 2. The van der Waals surface area contributed by atoms with Gasteiger partial charge in [-0.2, -0.15) is 0 Å². The summed E-state index contributed by atoms with van der Waals surface area (Å²) < 4.78 is 22.3. The van der Waals surface area contributed by atoms with E-state index in [9.17, 15) is 9.90 Å². The van der Waals surface area contributed by atoms with Crippen LogP contribution in [0.4, 0.5) is 0 Å². The quantitative estimate of drug-likeness (QED) is 0.908. The third kappa shape index (κ3) is 2.67. The van der Waals surface area contributed by atoms with Crippen LogP contribution < -0.4 is 5.43 Å². The highest BCUT2D eigenvalue weighted by Gasteiger charge is 2.53. The van der Waals surface area contributed by atoms with Crippen LogP contribution >= 0.6 is 0 Å². The predicted molar refractivity (Wildman–Crippen MR) is 86.2 cm³/mol. The molecule has 2 aliphatic heterocycles. The Hall–Kier alpha value is -1.99. The second-order valence-electron chi connectivity index (χ2n) is 6.46. The Morgan fingerprint density at radius 1 is 1.21 bits per heavy atom. The first-order valence-corrected chi connectivity index (χ1v) is 7.82. The highest BCUT2D eigenvalue weighted by Crippen LogP contribution is 2.37. The van der Waals surface area contributed by atoms with Gasteiger partial charge in [0.2, 0.25) is 0 Å². The highest BCUT2D eigenvalue weighted by atomic mass is 16.8. The molecule has 24 heavy (non-hydrogen) atoms. The molecule has 6 nitrogen and oxygen atoms in total. The van der Waals surface area contributed by atoms with Crippen molar-refractivity contribution in [2.24, 2.45) is 0 Å². The van der Waals surface area contributed by atoms with Gasteiger partial charge in [-0.3, -0.25) is 4.79 Å². The molecule has 0 saturated carbocycles. The molecule has 2 aliphatic rings. The number of aliphatic hydroxyl groups excluding tert-OH is 1. The van der Waals surface area contributed by atoms with Gasteiger partial charge in [0.25, 0.3) is 0 Å². The van der Waals surface area contributed by atoms with E-state index in [-0.39, 0.29) is 5.43 Å². The van der Waals surface area contributed by atoms with Crippen LogP contribution in [0.1, 0.15) is 19.4 Å². The average Bonchev–Trinajstić information content (AvgIpc) is 2.99. The molecule has 0 bridgehead atoms. The van der Waals surface area contributed by atoms with Gasteiger partial charge in [-0.15, -0.1) is 0 Å². The first-order chi connectivity index (χ1) is 11.4. The Kier molecular flexibility index (Phi) is 3.58. The van der Waals surface area contributed by atoms with E-state index in [1.807, 2.05) is 6.07 Å². The number of ether oxygens (including phenoxy) is 3. The lowest BCUT2D eigenvalue weighted by atomic mass is 10.1. The molecule has 4 rings (SSSR count). The van der Waals surface area contributed by atoms with Crippen LogP contribution in [-0.2, 0) is 14.2 Å². The molecule has 0 unspecified atom stereocenters. The normalized spacial score (nSPS) is 31.8. The average molecular weight is 330 g/mol. The maximum absolute atomic E-state index is 11.9. The zero-order chi connectivity index (χ0) is 16.9. The van der Waals surface area contributed by atoms with Crippen LogP contribution in [0, 0.1) is 0 Å². The third-order valence-electron chi connectivity index (χ3n) is 4.21. The van der Waals surface area contributed by atoms with Crippen molar-refractivity contribution < 1.29 is 23.7 Å². The van der Waals surface area contributed by atoms with Crippen molar-refractivity contribution in [1.29, 1.82) is 0 Å². The molecule has 4 atom stereocenters. The molecule has 1 N–H and O–H groups in total. The number of aliphatic hydroxyl groups is 1. The Morgan fingerprint density at radius 2 is 2.04 bits per heavy atom. The number of hydrogen-bond acceptors (Lipinski definition) is 6. The fourth-order valence-electron chi connectivity index (χ4n) is 3.09. The number of benzene rings is 1. The zero-order valence-corrected chi connectivity index (χ0v) is 13.3. The molecule has 1 aromatic heterocycles. The fourth-order valence-corrected chi connectivity index (χ4v) is 3.09. The van der Waals surface area contributed by atoms with Gasteiger partial charge in [0.15, 0.2) is 17.5 Å². The molecule has 1 aromatic carbocycles. The monoisotopic (exact) mass is 330 g/mol. The van der Waals surface area contributed by atoms with Crippen LogP contribution in [-0.4, -0.2) is 35.5 Å². The molecule has 0 radical (unpaired) electrons. The van der Waals surface area contributed by atoms with Crippen LogP contribution in [0.5, 0.6) is 0 Å². The van der Waals surface area contributed by atoms with E-state index >= 15 is 0 Å². The predicted octanol–water partition coefficient (Wildman–Crippen LogP) is 2.04. The summed E-state index contributed by atoms with van der Waals surface area (Å²) in [5, 5.41) is 10.9. The Morgan fingerprint density at radius 3 is 2.83 bits per heavy atom. The summed E-state index contributed by atoms with van der Waals surface area (Å²) in [5.74, 6) is -0.753. The van der Waals surface area contributed by atoms with E-state index in [1.54, 1.807) is 38.1 Å². The summed E-state index contributed by atoms with van der Waals surface area (Å²) in [4.78, 5) is 11.9. The lowest BCUT2D eigenvalue weighted by Gasteiger charge is -2.21. The standard InChI is InChI=1S/C18H18O6/c1-18(2)23-16-15(20)14(22-17(16)24-18)6-4-10-3-5-13-11(9-10)12(19)7-8-21-13/h3-9,14-17,20H,1-2H3/b6-4+/t14-,15+,16-,17-/m1/s1. The summed E-state index contributed by atoms with van der Waals surface area (Å²) in [6, 6.07) is 6.71. The Balaban J connectivity index is 1.54. The van der Waals surface area contributed by atoms with Crippen LogP contribution in [0.25, 0.3) is 17.0 Å². The van der Waals surface area contributed by atoms with Crippen LogP contribution in [0.3, 0.4) is 0 Å². The molecule has 0 spiro atoms. The van der Waals surface area contributed by atoms with Gasteiger partial charge >= 0.3 is 0 Å². The fraction of sp³-hybridized carbons (Fsp3) is 0.389. The van der Waals surface area contributed by atoms with E-state index in [0.29, 0.717) is 11.0 Å². The van der Waals surface area contributed by atoms with E-state index < -0.39 is 30.4 Å². The summed E-state index contributed by atoms with van der Waals surface area (Å²) in [7, 11) is 0. The number of hydrogen-bond donors (Lipinski definition) is 1. The van der Waals surface area contributed by atoms with E-state index in [0.717, 1.165) is 5.56 Å². The van der Waals surface area contributed by atoms with Crippen molar-refractivity contribution in [3.8, 4) is 0 Å². The topological polar surface area (TPSA) is 78.1 Å². The molecule has 126 valence electrons. The van der Waals surface area contributed by atoms with Gasteiger partial charge in [-0.25, -0.2) is 0 Å². The second kappa shape index (κ2) is 5.53. The van der Waals surface area contributed by atoms with Gasteiger partial charge in [-0.05, 0) is 31.5 Å². The molecule has 2 fully saturated rings. The lowest BCUT2D eigenvalue weighted by molar-refractivity contribution is -0.209. The largest absolute Gasteiger partial charge is 0.464 e. The third-order valence-corrected chi connectivity index (χ3v) is 4.21. The van der Waals surface area contributed by atoms with Gasteiger partial charge in [0.05, 0.1) is 11.6 Å². The maximum atomic E-state index is 11.9. The zero-order valence-electron chi connectivity index (χ0n) is 13.3. The van der Waals surface area contributed by atoms with Gasteiger partial charge in [0, 0.05) is 6.07 Å². The molecule has 0 aliphatic carbocycles. The molecule has 2 aromatic rings. The van der Waals surface area contributed by atoms with Crippen LogP contribution in [0.2, 0.25) is 0 Å². The Labute approximate surface area is 138 Å². The summed E-state index contributed by atoms with van der Waals surface area (Å²) in [6.45, 7) is 3.57. The molecule has 2 saturated heterocycles. The van der Waals surface area contributed by atoms with Crippen molar-refractivity contribution in [3.05, 3.63) is 52.4 Å². The number of fused-ring (bicyclic) bond motifs is 2. The minimum absolute atomic E-state index is 0.0952. The van der Waals surface area contributed by atoms with Crippen LogP contribution in [0.15, 0.2) is 45.8 Å². The van der Waals surface area contributed by atoms with Gasteiger partial charge in [-0.1, -0.05) is 18.2 Å². The lowest BCUT2D eigenvalue weighted by Crippen LogP contribution is -2.33. The Bertz CT molecular complexity index is 852. The first-order valence-electron chi connectivity index (χ1n) is 7.82. The smallest absolute Gasteiger partial charge is 0.192 e. The summed E-state index contributed by atoms with van der Waals surface area (Å²) >= 11 is 0. The molecule has 6 heteroatoms. The van der Waals surface area contributed by atoms with Crippen molar-refractivity contribution in [1.82, 2.24) is 0 Å². The van der Waals surface area contributed by atoms with E-state index in [1.165, 1.54) is 12.3 Å². The van der Waals surface area contributed by atoms with Crippen molar-refractivity contribution in [3.63, 3.8) is 0 Å². The molecular weight excluding hydrogens is 312 g/mol. The minimum atomic E-state index is -0.807. The highest BCUT2D eigenvalue weighted by molar-refractivity contribution is 5.79. The minimum Gasteiger partial charge on any atom is -0.464 e. The summed E-state index contributed by atoms with van der Waals surface area (Å²) in [6.07, 6.45) is 2.51. The summed E-state index contributed by atoms with van der Waals surface area (Å²) in [5.41, 5.74) is 1.26. The maximum Gasteiger partial charge on any atom is 0.192 e. The van der Waals surface area contributed by atoms with E-state index in [2.05, 4.69) is 0 Å². The van der Waals surface area contributed by atoms with Gasteiger partial charge < -0.3 is 23.7 Å².